The van der Waals surface area contributed by atoms with Crippen molar-refractivity contribution in [3.63, 3.8) is 0 Å². The number of hydrogen-bond acceptors (Lipinski definition) is 8. The van der Waals surface area contributed by atoms with Crippen LogP contribution in [0.15, 0.2) is 22.7 Å². The van der Waals surface area contributed by atoms with E-state index in [-0.39, 0.29) is 59.2 Å². The first-order valence-corrected chi connectivity index (χ1v) is 13.9. The third-order valence-electron chi connectivity index (χ3n) is 7.49. The second kappa shape index (κ2) is 11.7. The molecule has 0 aliphatic carbocycles. The molecule has 2 aromatic heterocycles. The SMILES string of the molecule is C[C@H]1CCCN1C(=O)c1nc(-c2noc(CC(C)(C)OC=O)n2)sc1-c1ccc(C(C)(C(F)(F)F)C(F)(F)F)cc1C(F)F. The smallest absolute Gasteiger partial charge is 0.406 e. The van der Waals surface area contributed by atoms with E-state index in [1.807, 2.05) is 0 Å². The van der Waals surface area contributed by atoms with E-state index in [1.165, 1.54) is 4.90 Å². The molecule has 240 valence electrons. The van der Waals surface area contributed by atoms with Crippen molar-refractivity contribution >= 4 is 23.7 Å². The average molecular weight is 655 g/mol. The zero-order valence-corrected chi connectivity index (χ0v) is 24.5. The number of amides is 1. The van der Waals surface area contributed by atoms with Crippen LogP contribution in [0.4, 0.5) is 35.1 Å². The summed E-state index contributed by atoms with van der Waals surface area (Å²) < 4.78 is 121. The van der Waals surface area contributed by atoms with Crippen LogP contribution in [0.5, 0.6) is 0 Å². The number of hydrogen-bond donors (Lipinski definition) is 0. The summed E-state index contributed by atoms with van der Waals surface area (Å²) in [4.78, 5) is 34.0. The van der Waals surface area contributed by atoms with Gasteiger partial charge in [-0.3, -0.25) is 9.59 Å². The van der Waals surface area contributed by atoms with E-state index in [4.69, 9.17) is 9.26 Å². The molecule has 4 rings (SSSR count). The van der Waals surface area contributed by atoms with Gasteiger partial charge in [0.15, 0.2) is 10.4 Å². The zero-order valence-electron chi connectivity index (χ0n) is 23.6. The number of nitrogens with zero attached hydrogens (tertiary/aromatic N) is 4. The Morgan fingerprint density at radius 2 is 1.80 bits per heavy atom. The predicted molar refractivity (Wildman–Crippen MR) is 140 cm³/mol. The van der Waals surface area contributed by atoms with Crippen LogP contribution in [0.3, 0.4) is 0 Å². The minimum Gasteiger partial charge on any atom is -0.461 e. The molecule has 0 unspecified atom stereocenters. The number of thiazole rings is 1. The minimum absolute atomic E-state index is 0.000788. The molecular formula is C27H26F8N4O4S. The molecule has 1 aliphatic heterocycles. The quantitative estimate of drug-likeness (QED) is 0.176. The highest BCUT2D eigenvalue weighted by molar-refractivity contribution is 7.18. The van der Waals surface area contributed by atoms with Crippen molar-refractivity contribution in [3.05, 3.63) is 40.9 Å². The van der Waals surface area contributed by atoms with E-state index in [0.717, 1.165) is 0 Å². The van der Waals surface area contributed by atoms with Gasteiger partial charge in [0.1, 0.15) is 11.3 Å². The summed E-state index contributed by atoms with van der Waals surface area (Å²) in [6.45, 7) is 5.33. The summed E-state index contributed by atoms with van der Waals surface area (Å²) in [5.41, 5.74) is -8.90. The van der Waals surface area contributed by atoms with E-state index in [1.54, 1.807) is 20.8 Å². The molecule has 0 bridgehead atoms. The molecular weight excluding hydrogens is 628 g/mol. The Kier molecular flexibility index (Phi) is 8.85. The van der Waals surface area contributed by atoms with Gasteiger partial charge in [0.2, 0.25) is 11.7 Å². The topological polar surface area (TPSA) is 98.4 Å². The van der Waals surface area contributed by atoms with Crippen molar-refractivity contribution in [3.8, 4) is 21.3 Å². The number of ether oxygens (including phenoxy) is 1. The fraction of sp³-hybridized carbons (Fsp3) is 0.519. The van der Waals surface area contributed by atoms with Gasteiger partial charge in [0.05, 0.1) is 11.3 Å². The molecule has 1 aliphatic rings. The Morgan fingerprint density at radius 1 is 1.14 bits per heavy atom. The van der Waals surface area contributed by atoms with E-state index in [0.29, 0.717) is 42.9 Å². The fourth-order valence-corrected chi connectivity index (χ4v) is 5.84. The lowest BCUT2D eigenvalue weighted by atomic mass is 9.79. The van der Waals surface area contributed by atoms with Gasteiger partial charge in [-0.05, 0) is 52.2 Å². The van der Waals surface area contributed by atoms with Gasteiger partial charge >= 0.3 is 12.4 Å². The normalized spacial score (nSPS) is 16.6. The van der Waals surface area contributed by atoms with Crippen molar-refractivity contribution in [2.75, 3.05) is 6.54 Å². The molecule has 1 aromatic carbocycles. The largest absolute Gasteiger partial charge is 0.461 e. The van der Waals surface area contributed by atoms with Gasteiger partial charge in [0.25, 0.3) is 18.8 Å². The molecule has 0 radical (unpaired) electrons. The number of halogens is 8. The molecule has 17 heteroatoms. The number of rotatable bonds is 9. The summed E-state index contributed by atoms with van der Waals surface area (Å²) in [5, 5.41) is 3.72. The number of carbonyl (C=O) groups excluding carboxylic acids is 2. The standard InChI is InChI=1S/C27H26F8N4O4S/c1-13-6-5-9-39(13)23(41)18-19(44-22(37-18)21-36-17(43-38-21)11-24(2,3)42-12-40)15-8-7-14(10-16(15)20(28)29)25(4,26(30,31)32)27(33,34)35/h7-8,10,12-13,20H,5-6,9,11H2,1-4H3/t13-/m0/s1. The van der Waals surface area contributed by atoms with Crippen LogP contribution in [-0.4, -0.2) is 62.9 Å². The Labute approximate surface area is 249 Å². The lowest BCUT2D eigenvalue weighted by Gasteiger charge is -2.34. The van der Waals surface area contributed by atoms with Gasteiger partial charge in [0, 0.05) is 23.7 Å². The summed E-state index contributed by atoms with van der Waals surface area (Å²) in [6, 6.07) is 1.09. The van der Waals surface area contributed by atoms with Crippen LogP contribution in [0.1, 0.15) is 74.5 Å². The highest BCUT2D eigenvalue weighted by Crippen LogP contribution is 2.53. The molecule has 44 heavy (non-hydrogen) atoms. The van der Waals surface area contributed by atoms with Gasteiger partial charge in [-0.25, -0.2) is 13.8 Å². The van der Waals surface area contributed by atoms with Crippen LogP contribution in [0.25, 0.3) is 21.3 Å². The molecule has 0 saturated carbocycles. The van der Waals surface area contributed by atoms with Crippen LogP contribution >= 0.6 is 11.3 Å². The maximum absolute atomic E-state index is 14.4. The zero-order chi connectivity index (χ0) is 32.8. The predicted octanol–water partition coefficient (Wildman–Crippen LogP) is 7.30. The molecule has 8 nitrogen and oxygen atoms in total. The van der Waals surface area contributed by atoms with Crippen LogP contribution in [0, 0.1) is 0 Å². The van der Waals surface area contributed by atoms with Crippen molar-refractivity contribution in [1.82, 2.24) is 20.0 Å². The van der Waals surface area contributed by atoms with E-state index in [9.17, 15) is 44.7 Å². The molecule has 1 saturated heterocycles. The fourth-order valence-electron chi connectivity index (χ4n) is 4.81. The van der Waals surface area contributed by atoms with Gasteiger partial charge in [-0.1, -0.05) is 17.3 Å². The van der Waals surface area contributed by atoms with Crippen LogP contribution in [0.2, 0.25) is 0 Å². The Bertz CT molecular complexity index is 1520. The average Bonchev–Trinajstić information content (AvgIpc) is 3.65. The van der Waals surface area contributed by atoms with Crippen LogP contribution in [-0.2, 0) is 21.4 Å². The highest BCUT2D eigenvalue weighted by Gasteiger charge is 2.68. The Hall–Kier alpha value is -3.63. The second-order valence-corrected chi connectivity index (χ2v) is 12.1. The van der Waals surface area contributed by atoms with E-state index in [2.05, 4.69) is 15.1 Å². The molecule has 3 heterocycles. The first kappa shape index (κ1) is 33.3. The molecule has 1 atom stereocenters. The van der Waals surface area contributed by atoms with E-state index >= 15 is 0 Å². The van der Waals surface area contributed by atoms with E-state index < -0.39 is 52.4 Å². The summed E-state index contributed by atoms with van der Waals surface area (Å²) in [6.07, 6.45) is -14.0. The van der Waals surface area contributed by atoms with Gasteiger partial charge < -0.3 is 14.2 Å². The Balaban J connectivity index is 1.88. The number of carbonyl (C=O) groups is 2. The monoisotopic (exact) mass is 654 g/mol. The minimum atomic E-state index is -5.86. The van der Waals surface area contributed by atoms with Crippen LogP contribution < -0.4 is 0 Å². The number of alkyl halides is 8. The Morgan fingerprint density at radius 3 is 2.34 bits per heavy atom. The molecule has 1 fully saturated rings. The van der Waals surface area contributed by atoms with Crippen molar-refractivity contribution in [2.24, 2.45) is 0 Å². The molecule has 3 aromatic rings. The lowest BCUT2D eigenvalue weighted by molar-refractivity contribution is -0.297. The number of benzene rings is 1. The molecule has 1 amide bonds. The van der Waals surface area contributed by atoms with Crippen molar-refractivity contribution < 1.29 is 54.0 Å². The first-order valence-electron chi connectivity index (χ1n) is 13.1. The summed E-state index contributed by atoms with van der Waals surface area (Å²) in [5.74, 6) is -0.837. The summed E-state index contributed by atoms with van der Waals surface area (Å²) >= 11 is 0.643. The highest BCUT2D eigenvalue weighted by atomic mass is 32.1. The second-order valence-electron chi connectivity index (χ2n) is 11.1. The first-order chi connectivity index (χ1) is 20.3. The third kappa shape index (κ3) is 6.15. The number of likely N-dealkylation sites (tertiary alicyclic amines) is 1. The number of aromatic nitrogens is 3. The lowest BCUT2D eigenvalue weighted by Crippen LogP contribution is -2.51. The summed E-state index contributed by atoms with van der Waals surface area (Å²) in [7, 11) is 0. The van der Waals surface area contributed by atoms with Crippen molar-refractivity contribution in [1.29, 1.82) is 0 Å². The third-order valence-corrected chi connectivity index (χ3v) is 8.57. The van der Waals surface area contributed by atoms with Gasteiger partial charge in [-0.15, -0.1) is 11.3 Å². The van der Waals surface area contributed by atoms with Gasteiger partial charge in [-0.2, -0.15) is 31.3 Å². The van der Waals surface area contributed by atoms with Crippen molar-refractivity contribution in [2.45, 2.75) is 82.8 Å². The molecule has 0 N–H and O–H groups in total. The maximum atomic E-state index is 14.4. The maximum Gasteiger partial charge on any atom is 0.406 e. The molecule has 0 spiro atoms.